The molecular weight excluding hydrogens is 434 g/mol. The monoisotopic (exact) mass is 457 g/mol. The highest BCUT2D eigenvalue weighted by Crippen LogP contribution is 2.25. The number of hydrogen-bond donors (Lipinski definition) is 1. The molecule has 2 aromatic carbocycles. The molecule has 2 aliphatic heterocycles. The number of nitrogens with zero attached hydrogens (tertiary/aromatic N) is 2. The van der Waals surface area contributed by atoms with Gasteiger partial charge in [-0.2, -0.15) is 4.31 Å². The number of ether oxygens (including phenoxy) is 1. The summed E-state index contributed by atoms with van der Waals surface area (Å²) >= 11 is 0. The molecule has 1 fully saturated rings. The summed E-state index contributed by atoms with van der Waals surface area (Å²) in [5, 5.41) is 2.51. The van der Waals surface area contributed by atoms with E-state index in [0.29, 0.717) is 19.5 Å². The van der Waals surface area contributed by atoms with Crippen molar-refractivity contribution in [3.63, 3.8) is 0 Å². The number of nitrogens with one attached hydrogen (secondary N) is 1. The minimum Gasteiger partial charge on any atom is -0.449 e. The number of benzene rings is 2. The maximum atomic E-state index is 13.2. The van der Waals surface area contributed by atoms with Gasteiger partial charge in [0.25, 0.3) is 5.91 Å². The van der Waals surface area contributed by atoms with Gasteiger partial charge >= 0.3 is 12.0 Å². The predicted octanol–water partition coefficient (Wildman–Crippen LogP) is 1.53. The zero-order chi connectivity index (χ0) is 22.9. The first-order chi connectivity index (χ1) is 15.3. The van der Waals surface area contributed by atoms with E-state index in [-0.39, 0.29) is 23.5 Å². The Hall–Kier alpha value is -3.24. The van der Waals surface area contributed by atoms with E-state index in [1.807, 2.05) is 24.3 Å². The first kappa shape index (κ1) is 22.0. The highest BCUT2D eigenvalue weighted by molar-refractivity contribution is 7.89. The Bertz CT molecular complexity index is 1180. The van der Waals surface area contributed by atoms with Crippen LogP contribution >= 0.6 is 0 Å². The van der Waals surface area contributed by atoms with Crippen molar-refractivity contribution in [1.82, 2.24) is 14.5 Å². The van der Waals surface area contributed by atoms with Gasteiger partial charge in [-0.3, -0.25) is 9.69 Å². The van der Waals surface area contributed by atoms with E-state index in [4.69, 9.17) is 4.74 Å². The number of sulfonamides is 1. The van der Waals surface area contributed by atoms with Crippen LogP contribution in [0, 0.1) is 0 Å². The predicted molar refractivity (Wildman–Crippen MR) is 114 cm³/mol. The van der Waals surface area contributed by atoms with E-state index < -0.39 is 34.0 Å². The summed E-state index contributed by atoms with van der Waals surface area (Å²) in [5.41, 5.74) is 2.09. The summed E-state index contributed by atoms with van der Waals surface area (Å²) in [5.74, 6) is -1.48. The van der Waals surface area contributed by atoms with Crippen molar-refractivity contribution < 1.29 is 27.5 Å². The molecule has 9 nitrogen and oxygen atoms in total. The minimum absolute atomic E-state index is 0.00834. The van der Waals surface area contributed by atoms with Crippen molar-refractivity contribution in [2.75, 3.05) is 19.6 Å². The highest BCUT2D eigenvalue weighted by atomic mass is 32.2. The number of rotatable bonds is 5. The van der Waals surface area contributed by atoms with Gasteiger partial charge < -0.3 is 10.1 Å². The Morgan fingerprint density at radius 2 is 1.81 bits per heavy atom. The molecular formula is C22H23N3O6S. The van der Waals surface area contributed by atoms with Gasteiger partial charge in [0, 0.05) is 26.2 Å². The lowest BCUT2D eigenvalue weighted by atomic mass is 10.0. The van der Waals surface area contributed by atoms with E-state index in [9.17, 15) is 22.8 Å². The second-order valence-electron chi connectivity index (χ2n) is 7.65. The molecule has 0 bridgehead atoms. The third-order valence-electron chi connectivity index (χ3n) is 5.56. The molecule has 0 saturated carbocycles. The van der Waals surface area contributed by atoms with Crippen LogP contribution in [0.5, 0.6) is 0 Å². The molecule has 2 heterocycles. The van der Waals surface area contributed by atoms with E-state index in [2.05, 4.69) is 5.32 Å². The van der Waals surface area contributed by atoms with E-state index in [0.717, 1.165) is 16.0 Å². The summed E-state index contributed by atoms with van der Waals surface area (Å²) in [7, 11) is -3.83. The summed E-state index contributed by atoms with van der Waals surface area (Å²) in [4.78, 5) is 37.5. The Morgan fingerprint density at radius 1 is 1.06 bits per heavy atom. The standard InChI is InChI=1S/C22H23N3O6S/c1-15(20(26)25-12-10-23-22(25)28)31-21(27)17-7-4-8-19(13-17)32(29,30)24-11-9-16-5-2-3-6-18(16)14-24/h2-8,13,15H,9-12,14H2,1H3,(H,23,28). The molecule has 0 aliphatic carbocycles. The molecule has 10 heteroatoms. The molecule has 2 aromatic rings. The van der Waals surface area contributed by atoms with Crippen LogP contribution in [-0.2, 0) is 32.5 Å². The van der Waals surface area contributed by atoms with Crippen LogP contribution < -0.4 is 5.32 Å². The fraction of sp³-hybridized carbons (Fsp3) is 0.318. The molecule has 1 N–H and O–H groups in total. The normalized spacial score (nSPS) is 17.4. The van der Waals surface area contributed by atoms with Crippen molar-refractivity contribution in [3.8, 4) is 0 Å². The smallest absolute Gasteiger partial charge is 0.338 e. The van der Waals surface area contributed by atoms with Gasteiger partial charge in [0.05, 0.1) is 10.5 Å². The molecule has 32 heavy (non-hydrogen) atoms. The van der Waals surface area contributed by atoms with Crippen LogP contribution in [0.25, 0.3) is 0 Å². The molecule has 1 unspecified atom stereocenters. The van der Waals surface area contributed by atoms with Gasteiger partial charge in [-0.05, 0) is 42.7 Å². The van der Waals surface area contributed by atoms with E-state index in [1.165, 1.54) is 35.5 Å². The summed E-state index contributed by atoms with van der Waals surface area (Å²) in [6.45, 7) is 2.52. The van der Waals surface area contributed by atoms with E-state index in [1.54, 1.807) is 0 Å². The first-order valence-corrected chi connectivity index (χ1v) is 11.7. The molecule has 1 saturated heterocycles. The minimum atomic E-state index is -3.83. The summed E-state index contributed by atoms with van der Waals surface area (Å²) < 4.78 is 32.9. The number of esters is 1. The SMILES string of the molecule is CC(OC(=O)c1cccc(S(=O)(=O)N2CCc3ccccc3C2)c1)C(=O)N1CCNC1=O. The quantitative estimate of drug-likeness (QED) is 0.682. The van der Waals surface area contributed by atoms with Crippen LogP contribution in [0.1, 0.15) is 28.4 Å². The van der Waals surface area contributed by atoms with Gasteiger partial charge in [0.15, 0.2) is 6.10 Å². The fourth-order valence-corrected chi connectivity index (χ4v) is 5.25. The van der Waals surface area contributed by atoms with Gasteiger partial charge in [-0.25, -0.2) is 18.0 Å². The van der Waals surface area contributed by atoms with Crippen molar-refractivity contribution in [3.05, 3.63) is 65.2 Å². The topological polar surface area (TPSA) is 113 Å². The second kappa shape index (κ2) is 8.71. The number of carbonyl (C=O) groups excluding carboxylic acids is 3. The lowest BCUT2D eigenvalue weighted by Gasteiger charge is -2.28. The van der Waals surface area contributed by atoms with Crippen molar-refractivity contribution in [2.45, 2.75) is 30.9 Å². The van der Waals surface area contributed by atoms with Gasteiger partial charge in [-0.15, -0.1) is 0 Å². The van der Waals surface area contributed by atoms with Gasteiger partial charge in [0.1, 0.15) is 0 Å². The Balaban J connectivity index is 1.48. The van der Waals surface area contributed by atoms with Crippen molar-refractivity contribution in [1.29, 1.82) is 0 Å². The maximum absolute atomic E-state index is 13.2. The average Bonchev–Trinajstić information content (AvgIpc) is 3.23. The Morgan fingerprint density at radius 3 is 2.53 bits per heavy atom. The van der Waals surface area contributed by atoms with Gasteiger partial charge in [-0.1, -0.05) is 30.3 Å². The number of urea groups is 1. The highest BCUT2D eigenvalue weighted by Gasteiger charge is 2.32. The molecule has 3 amide bonds. The maximum Gasteiger partial charge on any atom is 0.338 e. The van der Waals surface area contributed by atoms with Crippen LogP contribution in [0.4, 0.5) is 4.79 Å². The molecule has 2 aliphatic rings. The zero-order valence-corrected chi connectivity index (χ0v) is 18.3. The molecule has 0 radical (unpaired) electrons. The zero-order valence-electron chi connectivity index (χ0n) is 17.5. The second-order valence-corrected chi connectivity index (χ2v) is 9.59. The van der Waals surface area contributed by atoms with Crippen LogP contribution in [0.3, 0.4) is 0 Å². The fourth-order valence-electron chi connectivity index (χ4n) is 3.79. The number of carbonyl (C=O) groups is 3. The molecule has 4 rings (SSSR count). The number of hydrogen-bond acceptors (Lipinski definition) is 6. The lowest BCUT2D eigenvalue weighted by molar-refractivity contribution is -0.136. The van der Waals surface area contributed by atoms with Crippen LogP contribution in [0.2, 0.25) is 0 Å². The third kappa shape index (κ3) is 4.23. The molecule has 0 aromatic heterocycles. The molecule has 1 atom stereocenters. The number of fused-ring (bicyclic) bond motifs is 1. The Labute approximate surface area is 186 Å². The van der Waals surface area contributed by atoms with E-state index >= 15 is 0 Å². The van der Waals surface area contributed by atoms with Crippen molar-refractivity contribution >= 4 is 27.9 Å². The van der Waals surface area contributed by atoms with Crippen LogP contribution in [0.15, 0.2) is 53.4 Å². The first-order valence-electron chi connectivity index (χ1n) is 10.2. The number of imide groups is 1. The third-order valence-corrected chi connectivity index (χ3v) is 7.40. The largest absolute Gasteiger partial charge is 0.449 e. The van der Waals surface area contributed by atoms with Gasteiger partial charge in [0.2, 0.25) is 10.0 Å². The molecule has 0 spiro atoms. The van der Waals surface area contributed by atoms with Crippen molar-refractivity contribution in [2.24, 2.45) is 0 Å². The van der Waals surface area contributed by atoms with Crippen LogP contribution in [-0.4, -0.2) is 61.3 Å². The summed E-state index contributed by atoms with van der Waals surface area (Å²) in [6.07, 6.45) is -0.578. The molecule has 168 valence electrons. The Kier molecular flexibility index (Phi) is 5.98. The summed E-state index contributed by atoms with van der Waals surface area (Å²) in [6, 6.07) is 12.7. The lowest BCUT2D eigenvalue weighted by Crippen LogP contribution is -2.41. The number of amides is 3. The average molecular weight is 458 g/mol.